The van der Waals surface area contributed by atoms with E-state index in [1.807, 2.05) is 0 Å². The first-order chi connectivity index (χ1) is 16.0. The quantitative estimate of drug-likeness (QED) is 0.139. The molecular formula is C20H36O8S5. The second-order valence-corrected chi connectivity index (χ2v) is 12.9. The van der Waals surface area contributed by atoms with Gasteiger partial charge in [-0.05, 0) is 12.2 Å². The molecule has 0 heterocycles. The van der Waals surface area contributed by atoms with Gasteiger partial charge in [0.25, 0.3) is 0 Å². The first-order valence-electron chi connectivity index (χ1n) is 10.8. The van der Waals surface area contributed by atoms with Gasteiger partial charge in [-0.2, -0.15) is 35.3 Å². The summed E-state index contributed by atoms with van der Waals surface area (Å²) in [5.41, 5.74) is 0. The topological polar surface area (TPSA) is 127 Å². The lowest BCUT2D eigenvalue weighted by Gasteiger charge is -2.05. The summed E-state index contributed by atoms with van der Waals surface area (Å²) >= 11 is 6.21. The Bertz CT molecular complexity index is 551. The summed E-state index contributed by atoms with van der Waals surface area (Å²) in [4.78, 5) is 34.3. The van der Waals surface area contributed by atoms with Crippen LogP contribution in [0.15, 0.2) is 0 Å². The van der Waals surface area contributed by atoms with Crippen molar-refractivity contribution in [2.24, 2.45) is 0 Å². The molecule has 0 aromatic rings. The molecule has 0 aliphatic heterocycles. The lowest BCUT2D eigenvalue weighted by molar-refractivity contribution is -0.144. The summed E-state index contributed by atoms with van der Waals surface area (Å²) in [6.45, 7) is -0.256. The van der Waals surface area contributed by atoms with E-state index in [9.17, 15) is 18.6 Å². The first kappa shape index (κ1) is 33.1. The van der Waals surface area contributed by atoms with E-state index >= 15 is 0 Å². The molecule has 0 aliphatic carbocycles. The van der Waals surface area contributed by atoms with Gasteiger partial charge in [0.05, 0.1) is 26.1 Å². The lowest BCUT2D eigenvalue weighted by Crippen LogP contribution is -2.09. The third kappa shape index (κ3) is 25.0. The monoisotopic (exact) mass is 564 g/mol. The fourth-order valence-electron chi connectivity index (χ4n) is 2.10. The Morgan fingerprint density at radius 2 is 1.21 bits per heavy atom. The predicted molar refractivity (Wildman–Crippen MR) is 142 cm³/mol. The minimum atomic E-state index is -0.840. The molecule has 1 atom stereocenters. The van der Waals surface area contributed by atoms with E-state index in [0.717, 1.165) is 29.4 Å². The van der Waals surface area contributed by atoms with E-state index in [0.29, 0.717) is 41.6 Å². The third-order valence-corrected chi connectivity index (χ3v) is 9.56. The molecule has 0 aliphatic rings. The summed E-state index contributed by atoms with van der Waals surface area (Å²) in [5.74, 6) is 5.89. The van der Waals surface area contributed by atoms with Gasteiger partial charge in [-0.25, -0.2) is 0 Å². The fraction of sp³-hybridized carbons (Fsp3) is 0.850. The van der Waals surface area contributed by atoms with E-state index in [1.54, 1.807) is 35.3 Å². The van der Waals surface area contributed by atoms with E-state index in [1.165, 1.54) is 11.8 Å². The molecule has 13 heteroatoms. The highest BCUT2D eigenvalue weighted by atomic mass is 32.2. The van der Waals surface area contributed by atoms with Crippen molar-refractivity contribution in [3.8, 4) is 0 Å². The van der Waals surface area contributed by atoms with Crippen LogP contribution in [0.1, 0.15) is 25.7 Å². The van der Waals surface area contributed by atoms with Gasteiger partial charge < -0.3 is 19.7 Å². The van der Waals surface area contributed by atoms with Crippen LogP contribution in [0.3, 0.4) is 0 Å². The molecule has 0 aromatic heterocycles. The van der Waals surface area contributed by atoms with Crippen molar-refractivity contribution in [2.75, 3.05) is 78.2 Å². The van der Waals surface area contributed by atoms with E-state index in [-0.39, 0.29) is 49.9 Å². The Hall–Kier alpha value is 0.0800. The zero-order valence-electron chi connectivity index (χ0n) is 18.9. The van der Waals surface area contributed by atoms with Gasteiger partial charge in [-0.3, -0.25) is 18.6 Å². The third-order valence-electron chi connectivity index (χ3n) is 3.67. The van der Waals surface area contributed by atoms with Crippen molar-refractivity contribution in [1.29, 1.82) is 0 Å². The maximum atomic E-state index is 12.0. The molecule has 2 N–H and O–H groups in total. The average Bonchev–Trinajstić information content (AvgIpc) is 2.80. The normalized spacial score (nSPS) is 11.8. The van der Waals surface area contributed by atoms with Crippen LogP contribution >= 0.6 is 47.0 Å². The van der Waals surface area contributed by atoms with Crippen LogP contribution in [0.25, 0.3) is 0 Å². The standard InChI is InChI=1S/C20H36O8S5/c21-5-7-27-18(23)2-10-29-9-1-16-33(26)17-15-31-13-14-32-20(25)4-12-30-11-3-19(24)28-8-6-22/h21-22H,1-17H2. The molecule has 1 unspecified atom stereocenters. The smallest absolute Gasteiger partial charge is 0.306 e. The zero-order chi connectivity index (χ0) is 24.6. The summed E-state index contributed by atoms with van der Waals surface area (Å²) in [6.07, 6.45) is 1.93. The molecule has 0 fully saturated rings. The van der Waals surface area contributed by atoms with Gasteiger partial charge in [-0.1, -0.05) is 11.8 Å². The molecule has 33 heavy (non-hydrogen) atoms. The number of carbonyl (C=O) groups is 3. The second kappa shape index (κ2) is 25.2. The van der Waals surface area contributed by atoms with Crippen molar-refractivity contribution in [2.45, 2.75) is 25.7 Å². The molecule has 0 rings (SSSR count). The van der Waals surface area contributed by atoms with Crippen LogP contribution in [0.2, 0.25) is 0 Å². The lowest BCUT2D eigenvalue weighted by atomic mass is 10.5. The van der Waals surface area contributed by atoms with Crippen LogP contribution in [-0.2, 0) is 34.7 Å². The Morgan fingerprint density at radius 3 is 1.82 bits per heavy atom. The van der Waals surface area contributed by atoms with Gasteiger partial charge in [0.1, 0.15) is 13.2 Å². The summed E-state index contributed by atoms with van der Waals surface area (Å²) in [7, 11) is -0.840. The Morgan fingerprint density at radius 1 is 0.667 bits per heavy atom. The Labute approximate surface area is 216 Å². The number of aliphatic hydroxyl groups is 2. The van der Waals surface area contributed by atoms with Crippen LogP contribution in [0.4, 0.5) is 0 Å². The molecule has 0 aromatic carbocycles. The van der Waals surface area contributed by atoms with Crippen LogP contribution in [0, 0.1) is 0 Å². The molecule has 8 nitrogen and oxygen atoms in total. The SMILES string of the molecule is O=C(CCSCCCS(=O)CCSCCSC(=O)CCSCCC(=O)OCCO)OCCO. The number of ether oxygens (including phenoxy) is 2. The van der Waals surface area contributed by atoms with E-state index in [2.05, 4.69) is 0 Å². The molecule has 0 saturated heterocycles. The number of hydrogen-bond acceptors (Lipinski definition) is 12. The Balaban J connectivity index is 3.41. The molecule has 0 radical (unpaired) electrons. The van der Waals surface area contributed by atoms with Gasteiger partial charge in [0, 0.05) is 63.2 Å². The van der Waals surface area contributed by atoms with Gasteiger partial charge in [0.15, 0.2) is 5.12 Å². The van der Waals surface area contributed by atoms with E-state index in [4.69, 9.17) is 19.7 Å². The number of esters is 2. The number of rotatable bonds is 23. The van der Waals surface area contributed by atoms with Crippen molar-refractivity contribution in [3.63, 3.8) is 0 Å². The molecular weight excluding hydrogens is 529 g/mol. The maximum absolute atomic E-state index is 12.0. The highest BCUT2D eigenvalue weighted by Gasteiger charge is 2.06. The van der Waals surface area contributed by atoms with Crippen molar-refractivity contribution in [3.05, 3.63) is 0 Å². The number of carbonyl (C=O) groups excluding carboxylic acids is 3. The van der Waals surface area contributed by atoms with Gasteiger partial charge in [0.2, 0.25) is 0 Å². The highest BCUT2D eigenvalue weighted by Crippen LogP contribution is 2.14. The van der Waals surface area contributed by atoms with Crippen molar-refractivity contribution >= 4 is 74.9 Å². The van der Waals surface area contributed by atoms with Crippen molar-refractivity contribution < 1.29 is 38.3 Å². The van der Waals surface area contributed by atoms with E-state index < -0.39 is 10.8 Å². The van der Waals surface area contributed by atoms with Crippen LogP contribution in [-0.4, -0.2) is 110 Å². The zero-order valence-corrected chi connectivity index (χ0v) is 23.0. The summed E-state index contributed by atoms with van der Waals surface area (Å²) < 4.78 is 21.5. The molecule has 0 amide bonds. The number of thioether (sulfide) groups is 4. The van der Waals surface area contributed by atoms with Gasteiger partial charge >= 0.3 is 11.9 Å². The van der Waals surface area contributed by atoms with Crippen LogP contribution < -0.4 is 0 Å². The minimum Gasteiger partial charge on any atom is -0.463 e. The fourth-order valence-corrected chi connectivity index (χ4v) is 7.49. The number of hydrogen-bond donors (Lipinski definition) is 2. The summed E-state index contributed by atoms with van der Waals surface area (Å²) in [6, 6.07) is 0. The maximum Gasteiger partial charge on any atom is 0.306 e. The molecule has 0 bridgehead atoms. The Kier molecular flexibility index (Phi) is 25.2. The average molecular weight is 565 g/mol. The van der Waals surface area contributed by atoms with Crippen molar-refractivity contribution in [1.82, 2.24) is 0 Å². The number of aliphatic hydroxyl groups excluding tert-OH is 2. The molecule has 194 valence electrons. The van der Waals surface area contributed by atoms with Gasteiger partial charge in [-0.15, -0.1) is 0 Å². The predicted octanol–water partition coefficient (Wildman–Crippen LogP) is 1.83. The molecule has 0 saturated carbocycles. The highest BCUT2D eigenvalue weighted by molar-refractivity contribution is 8.14. The van der Waals surface area contributed by atoms with Crippen LogP contribution in [0.5, 0.6) is 0 Å². The minimum absolute atomic E-state index is 0.0278. The summed E-state index contributed by atoms with van der Waals surface area (Å²) in [5, 5.41) is 17.3. The largest absolute Gasteiger partial charge is 0.463 e. The second-order valence-electron chi connectivity index (χ2n) is 6.40. The molecule has 0 spiro atoms. The first-order valence-corrected chi connectivity index (χ1v) is 16.7.